The molecule has 0 heterocycles. The van der Waals surface area contributed by atoms with Gasteiger partial charge >= 0.3 is 5.97 Å². The van der Waals surface area contributed by atoms with Crippen LogP contribution in [0.2, 0.25) is 0 Å². The third kappa shape index (κ3) is 3.26. The van der Waals surface area contributed by atoms with E-state index in [1.165, 1.54) is 7.11 Å². The molecule has 0 aliphatic heterocycles. The molecule has 0 amide bonds. The SMILES string of the molecule is COC(=O)C[C@H](N)c1ccc(I)cc1. The average molecular weight is 305 g/mol. The summed E-state index contributed by atoms with van der Waals surface area (Å²) >= 11 is 2.22. The predicted molar refractivity (Wildman–Crippen MR) is 62.7 cm³/mol. The normalized spacial score (nSPS) is 12.2. The Morgan fingerprint density at radius 2 is 2.07 bits per heavy atom. The summed E-state index contributed by atoms with van der Waals surface area (Å²) in [5.74, 6) is -0.281. The third-order valence-electron chi connectivity index (χ3n) is 1.91. The highest BCUT2D eigenvalue weighted by Crippen LogP contribution is 2.15. The molecular formula is C10H12INO2. The minimum Gasteiger partial charge on any atom is -0.469 e. The number of carbonyl (C=O) groups is 1. The van der Waals surface area contributed by atoms with Gasteiger partial charge in [0.05, 0.1) is 13.5 Å². The summed E-state index contributed by atoms with van der Waals surface area (Å²) in [6.45, 7) is 0. The van der Waals surface area contributed by atoms with Gasteiger partial charge in [0.25, 0.3) is 0 Å². The van der Waals surface area contributed by atoms with Crippen molar-refractivity contribution in [2.24, 2.45) is 5.73 Å². The topological polar surface area (TPSA) is 52.3 Å². The lowest BCUT2D eigenvalue weighted by molar-refractivity contribution is -0.141. The second-order valence-corrected chi connectivity index (χ2v) is 4.18. The maximum Gasteiger partial charge on any atom is 0.307 e. The van der Waals surface area contributed by atoms with E-state index in [0.717, 1.165) is 9.13 Å². The van der Waals surface area contributed by atoms with Gasteiger partial charge in [-0.1, -0.05) is 12.1 Å². The summed E-state index contributed by atoms with van der Waals surface area (Å²) in [7, 11) is 1.36. The van der Waals surface area contributed by atoms with Gasteiger partial charge in [-0.3, -0.25) is 4.79 Å². The summed E-state index contributed by atoms with van der Waals surface area (Å²) in [6.07, 6.45) is 0.219. The van der Waals surface area contributed by atoms with Crippen LogP contribution in [0.3, 0.4) is 0 Å². The van der Waals surface area contributed by atoms with Gasteiger partial charge in [0.15, 0.2) is 0 Å². The molecule has 0 spiro atoms. The Bertz CT molecular complexity index is 310. The van der Waals surface area contributed by atoms with Crippen LogP contribution < -0.4 is 5.73 Å². The van der Waals surface area contributed by atoms with E-state index < -0.39 is 0 Å². The van der Waals surface area contributed by atoms with Crippen molar-refractivity contribution in [1.29, 1.82) is 0 Å². The summed E-state index contributed by atoms with van der Waals surface area (Å²) in [5.41, 5.74) is 6.77. The van der Waals surface area contributed by atoms with Crippen molar-refractivity contribution in [1.82, 2.24) is 0 Å². The van der Waals surface area contributed by atoms with Crippen LogP contribution in [0.5, 0.6) is 0 Å². The number of methoxy groups -OCH3 is 1. The van der Waals surface area contributed by atoms with Crippen molar-refractivity contribution < 1.29 is 9.53 Å². The summed E-state index contributed by atoms with van der Waals surface area (Å²) < 4.78 is 5.70. The monoisotopic (exact) mass is 305 g/mol. The number of rotatable bonds is 3. The lowest BCUT2D eigenvalue weighted by Crippen LogP contribution is -2.16. The number of halogens is 1. The van der Waals surface area contributed by atoms with E-state index in [2.05, 4.69) is 27.3 Å². The Morgan fingerprint density at radius 1 is 1.50 bits per heavy atom. The zero-order valence-electron chi connectivity index (χ0n) is 7.87. The highest BCUT2D eigenvalue weighted by molar-refractivity contribution is 14.1. The molecule has 0 fully saturated rings. The zero-order chi connectivity index (χ0) is 10.6. The van der Waals surface area contributed by atoms with Gasteiger partial charge in [-0.05, 0) is 40.3 Å². The summed E-state index contributed by atoms with van der Waals surface area (Å²) in [5, 5.41) is 0. The minimum atomic E-state index is -0.281. The van der Waals surface area contributed by atoms with Gasteiger partial charge in [0.2, 0.25) is 0 Å². The molecule has 0 unspecified atom stereocenters. The average Bonchev–Trinajstić information content (AvgIpc) is 2.18. The van der Waals surface area contributed by atoms with Gasteiger partial charge in [-0.2, -0.15) is 0 Å². The highest BCUT2D eigenvalue weighted by atomic mass is 127. The van der Waals surface area contributed by atoms with Gasteiger partial charge in [0, 0.05) is 9.61 Å². The molecule has 4 heteroatoms. The molecule has 3 nitrogen and oxygen atoms in total. The molecular weight excluding hydrogens is 293 g/mol. The number of esters is 1. The molecule has 0 radical (unpaired) electrons. The second kappa shape index (κ2) is 5.31. The molecule has 0 saturated heterocycles. The van der Waals surface area contributed by atoms with Crippen LogP contribution in [0.4, 0.5) is 0 Å². The van der Waals surface area contributed by atoms with E-state index in [1.807, 2.05) is 24.3 Å². The molecule has 76 valence electrons. The van der Waals surface area contributed by atoms with Crippen molar-refractivity contribution in [2.75, 3.05) is 7.11 Å². The van der Waals surface area contributed by atoms with Gasteiger partial charge in [-0.15, -0.1) is 0 Å². The Morgan fingerprint density at radius 3 is 2.57 bits per heavy atom. The zero-order valence-corrected chi connectivity index (χ0v) is 10.0. The lowest BCUT2D eigenvalue weighted by atomic mass is 10.1. The number of benzene rings is 1. The largest absolute Gasteiger partial charge is 0.469 e. The maximum absolute atomic E-state index is 11.0. The molecule has 0 bridgehead atoms. The number of ether oxygens (including phenoxy) is 1. The van der Waals surface area contributed by atoms with Crippen molar-refractivity contribution in [2.45, 2.75) is 12.5 Å². The molecule has 1 aromatic carbocycles. The van der Waals surface area contributed by atoms with Crippen LogP contribution in [-0.2, 0) is 9.53 Å². The van der Waals surface area contributed by atoms with Gasteiger partial charge in [0.1, 0.15) is 0 Å². The van der Waals surface area contributed by atoms with Crippen LogP contribution >= 0.6 is 22.6 Å². The van der Waals surface area contributed by atoms with E-state index in [1.54, 1.807) is 0 Å². The Kier molecular flexibility index (Phi) is 4.34. The van der Waals surface area contributed by atoms with E-state index in [9.17, 15) is 4.79 Å². The smallest absolute Gasteiger partial charge is 0.307 e. The number of nitrogens with two attached hydrogens (primary N) is 1. The number of carbonyl (C=O) groups excluding carboxylic acids is 1. The number of hydrogen-bond acceptors (Lipinski definition) is 3. The molecule has 1 rings (SSSR count). The summed E-state index contributed by atoms with van der Waals surface area (Å²) in [4.78, 5) is 11.0. The van der Waals surface area contributed by atoms with Crippen molar-refractivity contribution in [3.05, 3.63) is 33.4 Å². The first-order valence-corrected chi connectivity index (χ1v) is 5.29. The van der Waals surface area contributed by atoms with Crippen molar-refractivity contribution >= 4 is 28.6 Å². The highest BCUT2D eigenvalue weighted by Gasteiger charge is 2.11. The fourth-order valence-electron chi connectivity index (χ4n) is 1.09. The van der Waals surface area contributed by atoms with E-state index >= 15 is 0 Å². The van der Waals surface area contributed by atoms with E-state index in [0.29, 0.717) is 0 Å². The summed E-state index contributed by atoms with van der Waals surface area (Å²) in [6, 6.07) is 7.50. The molecule has 14 heavy (non-hydrogen) atoms. The predicted octanol–water partition coefficient (Wildman–Crippen LogP) is 1.85. The molecule has 2 N–H and O–H groups in total. The molecule has 0 aliphatic rings. The first-order valence-electron chi connectivity index (χ1n) is 4.21. The van der Waals surface area contributed by atoms with Crippen LogP contribution in [0.25, 0.3) is 0 Å². The minimum absolute atomic E-state index is 0.219. The lowest BCUT2D eigenvalue weighted by Gasteiger charge is -2.10. The first kappa shape index (κ1) is 11.5. The van der Waals surface area contributed by atoms with Crippen molar-refractivity contribution in [3.63, 3.8) is 0 Å². The van der Waals surface area contributed by atoms with E-state index in [-0.39, 0.29) is 18.4 Å². The van der Waals surface area contributed by atoms with Gasteiger partial charge < -0.3 is 10.5 Å². The van der Waals surface area contributed by atoms with Crippen LogP contribution in [0.1, 0.15) is 18.0 Å². The number of hydrogen-bond donors (Lipinski definition) is 1. The van der Waals surface area contributed by atoms with E-state index in [4.69, 9.17) is 5.73 Å². The van der Waals surface area contributed by atoms with Crippen LogP contribution in [0.15, 0.2) is 24.3 Å². The van der Waals surface area contributed by atoms with Crippen LogP contribution in [0, 0.1) is 3.57 Å². The second-order valence-electron chi connectivity index (χ2n) is 2.94. The fraction of sp³-hybridized carbons (Fsp3) is 0.300. The Hall–Kier alpha value is -0.620. The Balaban J connectivity index is 2.65. The molecule has 0 aliphatic carbocycles. The molecule has 0 saturated carbocycles. The maximum atomic E-state index is 11.0. The Labute approximate surface area is 96.8 Å². The standard InChI is InChI=1S/C10H12INO2/c1-14-10(13)6-9(12)7-2-4-8(11)5-3-7/h2-5,9H,6,12H2,1H3/t9-/m0/s1. The van der Waals surface area contributed by atoms with Crippen molar-refractivity contribution in [3.8, 4) is 0 Å². The molecule has 1 atom stereocenters. The fourth-order valence-corrected chi connectivity index (χ4v) is 1.45. The quantitative estimate of drug-likeness (QED) is 0.685. The first-order chi connectivity index (χ1) is 6.63. The molecule has 1 aromatic rings. The third-order valence-corrected chi connectivity index (χ3v) is 2.63. The van der Waals surface area contributed by atoms with Crippen LogP contribution in [-0.4, -0.2) is 13.1 Å². The molecule has 0 aromatic heterocycles. The van der Waals surface area contributed by atoms with Gasteiger partial charge in [-0.25, -0.2) is 0 Å².